The number of rotatable bonds is 2. The molecule has 1 nitrogen and oxygen atoms in total. The number of hydrogen-bond acceptors (Lipinski definition) is 1. The van der Waals surface area contributed by atoms with E-state index in [0.717, 1.165) is 27.8 Å². The van der Waals surface area contributed by atoms with Gasteiger partial charge in [-0.2, -0.15) is 0 Å². The molecule has 0 aliphatic rings. The molecule has 0 aromatic heterocycles. The van der Waals surface area contributed by atoms with Gasteiger partial charge in [0.15, 0.2) is 0 Å². The lowest BCUT2D eigenvalue weighted by Crippen LogP contribution is -2.12. The zero-order chi connectivity index (χ0) is 14.9. The van der Waals surface area contributed by atoms with E-state index in [0.29, 0.717) is 11.5 Å². The van der Waals surface area contributed by atoms with Gasteiger partial charge in [-0.15, -0.1) is 0 Å². The lowest BCUT2D eigenvalue weighted by Gasteiger charge is -2.23. The summed E-state index contributed by atoms with van der Waals surface area (Å²) in [6.07, 6.45) is 0. The minimum absolute atomic E-state index is 0.0895. The first-order valence-electron chi connectivity index (χ1n) is 6.85. The predicted octanol–water partition coefficient (Wildman–Crippen LogP) is 5.36. The van der Waals surface area contributed by atoms with Crippen LogP contribution in [0, 0.1) is 6.92 Å². The maximum atomic E-state index is 10.3. The number of hydrogen-bond donors (Lipinski definition) is 1. The summed E-state index contributed by atoms with van der Waals surface area (Å²) in [5.41, 5.74) is 5.25. The normalized spacial score (nSPS) is 11.7. The van der Waals surface area contributed by atoms with Crippen molar-refractivity contribution in [2.75, 3.05) is 0 Å². The fraction of sp³-hybridized carbons (Fsp3) is 0.333. The number of phenolic OH excluding ortho intramolecular Hbond substituents is 1. The van der Waals surface area contributed by atoms with Gasteiger partial charge in [0.25, 0.3) is 0 Å². The van der Waals surface area contributed by atoms with Crippen LogP contribution < -0.4 is 0 Å². The van der Waals surface area contributed by atoms with Gasteiger partial charge in [-0.3, -0.25) is 0 Å². The highest BCUT2D eigenvalue weighted by atomic mass is 32.1. The molecule has 20 heavy (non-hydrogen) atoms. The average molecular weight is 285 g/mol. The number of aromatic hydroxyl groups is 1. The summed E-state index contributed by atoms with van der Waals surface area (Å²) < 4.78 is 0. The molecule has 105 valence electrons. The molecule has 0 saturated heterocycles. The van der Waals surface area contributed by atoms with Crippen molar-refractivity contribution >= 4 is 12.6 Å². The van der Waals surface area contributed by atoms with E-state index in [9.17, 15) is 5.11 Å². The van der Waals surface area contributed by atoms with Crippen LogP contribution in [-0.2, 0) is 11.2 Å². The first-order valence-corrected chi connectivity index (χ1v) is 7.43. The molecule has 0 atom stereocenters. The molecule has 0 heterocycles. The van der Waals surface area contributed by atoms with Crippen molar-refractivity contribution in [2.45, 2.75) is 38.9 Å². The molecule has 1 N–H and O–H groups in total. The Labute approximate surface area is 127 Å². The van der Waals surface area contributed by atoms with Gasteiger partial charge in [-0.05, 0) is 46.7 Å². The van der Waals surface area contributed by atoms with Crippen molar-refractivity contribution in [1.82, 2.24) is 0 Å². The van der Waals surface area contributed by atoms with Gasteiger partial charge in [0, 0.05) is 11.3 Å². The minimum atomic E-state index is -0.0895. The molecule has 2 aromatic carbocycles. The standard InChI is InChI=1S/C18H21OS/c1-12-9-14(10-16(17(12)19)18(2,3)4)15-8-6-5-7-13(15)11-20/h5-10,19H,11H2,1-4H3. The lowest BCUT2D eigenvalue weighted by atomic mass is 9.83. The Bertz CT molecular complexity index is 624. The molecule has 0 bridgehead atoms. The smallest absolute Gasteiger partial charge is 0.122 e. The first kappa shape index (κ1) is 15.0. The highest BCUT2D eigenvalue weighted by Gasteiger charge is 2.20. The third kappa shape index (κ3) is 2.85. The van der Waals surface area contributed by atoms with Crippen molar-refractivity contribution < 1.29 is 5.11 Å². The zero-order valence-corrected chi connectivity index (χ0v) is 13.3. The van der Waals surface area contributed by atoms with Crippen molar-refractivity contribution in [3.8, 4) is 16.9 Å². The molecular weight excluding hydrogens is 264 g/mol. The van der Waals surface area contributed by atoms with Crippen LogP contribution >= 0.6 is 12.6 Å². The van der Waals surface area contributed by atoms with Crippen molar-refractivity contribution in [1.29, 1.82) is 0 Å². The van der Waals surface area contributed by atoms with Crippen LogP contribution in [0.15, 0.2) is 36.4 Å². The van der Waals surface area contributed by atoms with Gasteiger partial charge in [0.05, 0.1) is 0 Å². The summed E-state index contributed by atoms with van der Waals surface area (Å²) in [5, 5.41) is 10.3. The molecule has 2 rings (SSSR count). The Balaban J connectivity index is 2.67. The zero-order valence-electron chi connectivity index (χ0n) is 12.5. The molecule has 0 unspecified atom stereocenters. The molecular formula is C18H21OS. The summed E-state index contributed by atoms with van der Waals surface area (Å²) in [7, 11) is 0. The summed E-state index contributed by atoms with van der Waals surface area (Å²) in [6, 6.07) is 12.3. The fourth-order valence-corrected chi connectivity index (χ4v) is 2.69. The van der Waals surface area contributed by atoms with E-state index in [1.807, 2.05) is 25.1 Å². The largest absolute Gasteiger partial charge is 0.507 e. The molecule has 0 aliphatic heterocycles. The number of aryl methyl sites for hydroxylation is 1. The van der Waals surface area contributed by atoms with E-state index in [1.165, 1.54) is 0 Å². The van der Waals surface area contributed by atoms with Crippen LogP contribution in [0.5, 0.6) is 5.75 Å². The van der Waals surface area contributed by atoms with E-state index in [4.69, 9.17) is 12.6 Å². The van der Waals surface area contributed by atoms with Crippen LogP contribution in [0.4, 0.5) is 0 Å². The average Bonchev–Trinajstić information content (AvgIpc) is 2.40. The van der Waals surface area contributed by atoms with Crippen LogP contribution in [-0.4, -0.2) is 5.11 Å². The Morgan fingerprint density at radius 2 is 1.75 bits per heavy atom. The SMILES string of the molecule is Cc1cc(-c2ccccc2C[S])cc(C(C)(C)C)c1O. The van der Waals surface area contributed by atoms with Gasteiger partial charge in [0.2, 0.25) is 0 Å². The van der Waals surface area contributed by atoms with Gasteiger partial charge in [-0.25, -0.2) is 0 Å². The lowest BCUT2D eigenvalue weighted by molar-refractivity contribution is 0.443. The molecule has 0 aliphatic carbocycles. The molecule has 0 spiro atoms. The molecule has 0 saturated carbocycles. The second-order valence-corrected chi connectivity index (χ2v) is 6.53. The summed E-state index contributed by atoms with van der Waals surface area (Å²) in [5.74, 6) is 0.998. The topological polar surface area (TPSA) is 20.2 Å². The van der Waals surface area contributed by atoms with Crippen LogP contribution in [0.2, 0.25) is 0 Å². The summed E-state index contributed by atoms with van der Waals surface area (Å²) in [4.78, 5) is 0. The van der Waals surface area contributed by atoms with Gasteiger partial charge < -0.3 is 5.11 Å². The third-order valence-electron chi connectivity index (χ3n) is 3.59. The van der Waals surface area contributed by atoms with Crippen LogP contribution in [0.3, 0.4) is 0 Å². The quantitative estimate of drug-likeness (QED) is 0.787. The second kappa shape index (κ2) is 5.53. The molecule has 1 radical (unpaired) electrons. The Morgan fingerprint density at radius 3 is 2.35 bits per heavy atom. The third-order valence-corrected chi connectivity index (χ3v) is 3.90. The maximum Gasteiger partial charge on any atom is 0.122 e. The molecule has 0 fully saturated rings. The fourth-order valence-electron chi connectivity index (χ4n) is 2.43. The Hall–Kier alpha value is -1.41. The summed E-state index contributed by atoms with van der Waals surface area (Å²) in [6.45, 7) is 8.29. The first-order chi connectivity index (χ1) is 9.34. The van der Waals surface area contributed by atoms with E-state index < -0.39 is 0 Å². The highest BCUT2D eigenvalue weighted by molar-refractivity contribution is 7.79. The molecule has 2 heteroatoms. The van der Waals surface area contributed by atoms with Crippen LogP contribution in [0.1, 0.15) is 37.5 Å². The van der Waals surface area contributed by atoms with Gasteiger partial charge in [0.1, 0.15) is 5.75 Å². The molecule has 0 amide bonds. The van der Waals surface area contributed by atoms with Crippen molar-refractivity contribution in [2.24, 2.45) is 0 Å². The van der Waals surface area contributed by atoms with Crippen molar-refractivity contribution in [3.63, 3.8) is 0 Å². The summed E-state index contributed by atoms with van der Waals surface area (Å²) >= 11 is 5.22. The van der Waals surface area contributed by atoms with E-state index >= 15 is 0 Å². The van der Waals surface area contributed by atoms with Gasteiger partial charge in [-0.1, -0.05) is 57.7 Å². The second-order valence-electron chi connectivity index (χ2n) is 6.24. The van der Waals surface area contributed by atoms with Crippen LogP contribution in [0.25, 0.3) is 11.1 Å². The van der Waals surface area contributed by atoms with Crippen molar-refractivity contribution in [3.05, 3.63) is 53.1 Å². The minimum Gasteiger partial charge on any atom is -0.507 e. The number of phenols is 1. The molecule has 2 aromatic rings. The van der Waals surface area contributed by atoms with E-state index in [-0.39, 0.29) is 5.41 Å². The monoisotopic (exact) mass is 285 g/mol. The Kier molecular flexibility index (Phi) is 4.14. The maximum absolute atomic E-state index is 10.3. The van der Waals surface area contributed by atoms with E-state index in [2.05, 4.69) is 39.0 Å². The number of benzene rings is 2. The Morgan fingerprint density at radius 1 is 1.10 bits per heavy atom. The predicted molar refractivity (Wildman–Crippen MR) is 88.3 cm³/mol. The van der Waals surface area contributed by atoms with E-state index in [1.54, 1.807) is 0 Å². The highest BCUT2D eigenvalue weighted by Crippen LogP contribution is 2.37. The van der Waals surface area contributed by atoms with Gasteiger partial charge >= 0.3 is 0 Å².